The molecular weight excluding hydrogens is 743 g/mol. The van der Waals surface area contributed by atoms with Gasteiger partial charge in [-0.3, -0.25) is 19.2 Å². The predicted octanol–water partition coefficient (Wildman–Crippen LogP) is 2.51. The van der Waals surface area contributed by atoms with E-state index in [0.717, 1.165) is 6.20 Å². The average molecular weight is 784 g/mol. The first-order chi connectivity index (χ1) is 27.0. The van der Waals surface area contributed by atoms with Crippen LogP contribution < -0.4 is 26.6 Å². The van der Waals surface area contributed by atoms with Crippen molar-refractivity contribution >= 4 is 53.1 Å². The maximum atomic E-state index is 14.0. The summed E-state index contributed by atoms with van der Waals surface area (Å²) in [6.45, 7) is 1.15. The fraction of sp³-hybridized carbons (Fsp3) is 0.231. The number of hydrogen-bond donors (Lipinski definition) is 6. The lowest BCUT2D eigenvalue weighted by molar-refractivity contribution is -0.145. The van der Waals surface area contributed by atoms with Crippen LogP contribution in [0.5, 0.6) is 5.75 Å². The van der Waals surface area contributed by atoms with E-state index in [0.29, 0.717) is 16.3 Å². The van der Waals surface area contributed by atoms with Gasteiger partial charge in [0, 0.05) is 30.8 Å². The molecule has 0 radical (unpaired) electrons. The number of amides is 4. The number of carbonyl (C=O) groups excluding carboxylic acids is 6. The molecule has 0 fully saturated rings. The summed E-state index contributed by atoms with van der Waals surface area (Å²) in [5, 5.41) is 22.9. The Morgan fingerprint density at radius 3 is 2.14 bits per heavy atom. The molecule has 16 nitrogen and oxygen atoms in total. The molecule has 0 spiro atoms. The molecule has 292 valence electrons. The van der Waals surface area contributed by atoms with E-state index in [1.54, 1.807) is 86.0 Å². The lowest BCUT2D eigenvalue weighted by Crippen LogP contribution is -2.52. The van der Waals surface area contributed by atoms with Gasteiger partial charge < -0.3 is 41.2 Å². The summed E-state index contributed by atoms with van der Waals surface area (Å²) in [4.78, 5) is 87.5. The minimum atomic E-state index is -1.28. The van der Waals surface area contributed by atoms with E-state index in [1.807, 2.05) is 0 Å². The van der Waals surface area contributed by atoms with Crippen LogP contribution in [0, 0.1) is 0 Å². The minimum absolute atomic E-state index is 0.0117. The van der Waals surface area contributed by atoms with Gasteiger partial charge in [-0.15, -0.1) is 0 Å². The molecule has 3 aromatic carbocycles. The largest absolute Gasteiger partial charge is 0.508 e. The Balaban J connectivity index is 1.57. The first kappa shape index (κ1) is 42.0. The smallest absolute Gasteiger partial charge is 0.343 e. The summed E-state index contributed by atoms with van der Waals surface area (Å²) in [7, 11) is 1.17. The zero-order valence-electron chi connectivity index (χ0n) is 30.7. The Morgan fingerprint density at radius 2 is 1.50 bits per heavy atom. The lowest BCUT2D eigenvalue weighted by Gasteiger charge is -2.21. The van der Waals surface area contributed by atoms with E-state index >= 15 is 0 Å². The van der Waals surface area contributed by atoms with Crippen LogP contribution in [0.4, 0.5) is 5.82 Å². The number of phenols is 1. The minimum Gasteiger partial charge on any atom is -0.508 e. The Bertz CT molecular complexity index is 2030. The molecule has 6 N–H and O–H groups in total. The molecule has 2 atom stereocenters. The van der Waals surface area contributed by atoms with Gasteiger partial charge in [0.2, 0.25) is 11.8 Å². The molecule has 0 aliphatic rings. The molecule has 0 saturated carbocycles. The second-order valence-corrected chi connectivity index (χ2v) is 12.6. The predicted molar refractivity (Wildman–Crippen MR) is 206 cm³/mol. The highest BCUT2D eigenvalue weighted by atomic mass is 32.2. The average Bonchev–Trinajstić information content (AvgIpc) is 3.21. The van der Waals surface area contributed by atoms with E-state index in [2.05, 4.69) is 36.6 Å². The van der Waals surface area contributed by atoms with Gasteiger partial charge in [0.15, 0.2) is 5.16 Å². The summed E-state index contributed by atoms with van der Waals surface area (Å²) in [5.41, 5.74) is 1.14. The Kier molecular flexibility index (Phi) is 15.9. The molecule has 1 aromatic heterocycles. The zero-order chi connectivity index (χ0) is 40.5. The van der Waals surface area contributed by atoms with Crippen molar-refractivity contribution in [2.75, 3.05) is 31.8 Å². The van der Waals surface area contributed by atoms with Crippen molar-refractivity contribution in [3.8, 4) is 5.75 Å². The molecule has 4 rings (SSSR count). The van der Waals surface area contributed by atoms with E-state index in [1.165, 1.54) is 37.2 Å². The molecule has 0 aliphatic carbocycles. The number of thioether (sulfide) groups is 1. The number of benzene rings is 3. The molecule has 0 bridgehead atoms. The lowest BCUT2D eigenvalue weighted by atomic mass is 10.0. The Hall–Kier alpha value is -6.75. The standard InChI is InChI=1S/C39H41N7O9S/c1-4-55-37(52)28-21-42-39(56-3)46-33(28)40-22-31(45-34(49)26-13-9-6-10-14-26)36(51)44-29(19-24-11-7-5-8-12-24)35(50)41-23-32(48)43-30(38(53)54-2)20-25-15-17-27(47)18-16-25/h5-18,21-22,29-30,47H,4,19-20,23H2,1-3H3,(H,41,50)(H,43,48)(H,44,51)(H,45,49)(H,40,42,46)/b31-22-/t29-,30-/m0/s1. The van der Waals surface area contributed by atoms with Crippen LogP contribution in [0.25, 0.3) is 0 Å². The second kappa shape index (κ2) is 21.2. The number of methoxy groups -OCH3 is 1. The summed E-state index contributed by atoms with van der Waals surface area (Å²) in [5.74, 6) is -4.46. The Labute approximate surface area is 326 Å². The van der Waals surface area contributed by atoms with Gasteiger partial charge >= 0.3 is 11.9 Å². The molecule has 17 heteroatoms. The normalized spacial score (nSPS) is 11.9. The summed E-state index contributed by atoms with van der Waals surface area (Å²) in [6.07, 6.45) is 4.15. The van der Waals surface area contributed by atoms with Gasteiger partial charge in [-0.25, -0.2) is 19.6 Å². The summed E-state index contributed by atoms with van der Waals surface area (Å²) < 4.78 is 9.96. The number of aromatic nitrogens is 2. The van der Waals surface area contributed by atoms with E-state index in [-0.39, 0.29) is 47.8 Å². The van der Waals surface area contributed by atoms with Crippen LogP contribution in [0.2, 0.25) is 0 Å². The van der Waals surface area contributed by atoms with Gasteiger partial charge in [0.25, 0.3) is 11.8 Å². The monoisotopic (exact) mass is 783 g/mol. The summed E-state index contributed by atoms with van der Waals surface area (Å²) in [6, 6.07) is 20.5. The van der Waals surface area contributed by atoms with Gasteiger partial charge in [-0.05, 0) is 48.6 Å². The highest BCUT2D eigenvalue weighted by Crippen LogP contribution is 2.18. The Morgan fingerprint density at radius 1 is 0.857 bits per heavy atom. The molecule has 0 aliphatic heterocycles. The topological polar surface area (TPSA) is 227 Å². The number of phenolic OH excluding ortho intramolecular Hbond substituents is 1. The van der Waals surface area contributed by atoms with Crippen molar-refractivity contribution in [3.63, 3.8) is 0 Å². The number of anilines is 1. The molecule has 4 amide bonds. The van der Waals surface area contributed by atoms with Crippen molar-refractivity contribution < 1.29 is 43.3 Å². The van der Waals surface area contributed by atoms with Crippen LogP contribution in [0.15, 0.2) is 108 Å². The first-order valence-electron chi connectivity index (χ1n) is 17.2. The number of esters is 2. The third kappa shape index (κ3) is 12.7. The van der Waals surface area contributed by atoms with Gasteiger partial charge in [0.1, 0.15) is 34.9 Å². The van der Waals surface area contributed by atoms with Crippen molar-refractivity contribution in [1.82, 2.24) is 31.2 Å². The van der Waals surface area contributed by atoms with Crippen molar-refractivity contribution in [1.29, 1.82) is 0 Å². The van der Waals surface area contributed by atoms with Crippen molar-refractivity contribution in [3.05, 3.63) is 125 Å². The fourth-order valence-electron chi connectivity index (χ4n) is 5.05. The fourth-order valence-corrected chi connectivity index (χ4v) is 5.39. The molecule has 0 unspecified atom stereocenters. The van der Waals surface area contributed by atoms with Crippen LogP contribution in [-0.2, 0) is 41.5 Å². The van der Waals surface area contributed by atoms with Crippen LogP contribution in [0.3, 0.4) is 0 Å². The molecule has 1 heterocycles. The SMILES string of the molecule is CCOC(=O)c1cnc(SC)nc1N/C=C(\NC(=O)c1ccccc1)C(=O)N[C@@H](Cc1ccccc1)C(=O)NCC(=O)N[C@@H](Cc1ccc(O)cc1)C(=O)OC. The molecule has 56 heavy (non-hydrogen) atoms. The number of ether oxygens (including phenoxy) is 2. The quantitative estimate of drug-likeness (QED) is 0.0370. The maximum absolute atomic E-state index is 14.0. The number of nitrogens with zero attached hydrogens (tertiary/aromatic N) is 2. The van der Waals surface area contributed by atoms with Gasteiger partial charge in [0.05, 0.1) is 20.3 Å². The number of carbonyl (C=O) groups is 6. The maximum Gasteiger partial charge on any atom is 0.343 e. The molecule has 0 saturated heterocycles. The number of aromatic hydroxyl groups is 1. The van der Waals surface area contributed by atoms with Crippen LogP contribution >= 0.6 is 11.8 Å². The van der Waals surface area contributed by atoms with E-state index in [4.69, 9.17) is 9.47 Å². The molecule has 4 aromatic rings. The van der Waals surface area contributed by atoms with E-state index < -0.39 is 54.2 Å². The third-order valence-corrected chi connectivity index (χ3v) is 8.41. The van der Waals surface area contributed by atoms with Gasteiger partial charge in [-0.2, -0.15) is 0 Å². The van der Waals surface area contributed by atoms with Gasteiger partial charge in [-0.1, -0.05) is 72.4 Å². The number of rotatable bonds is 18. The summed E-state index contributed by atoms with van der Waals surface area (Å²) >= 11 is 1.20. The van der Waals surface area contributed by atoms with Crippen molar-refractivity contribution in [2.45, 2.75) is 37.0 Å². The number of hydrogen-bond acceptors (Lipinski definition) is 13. The van der Waals surface area contributed by atoms with Crippen LogP contribution in [-0.4, -0.2) is 89.2 Å². The first-order valence-corrected chi connectivity index (χ1v) is 18.4. The molecular formula is C39H41N7O9S. The second-order valence-electron chi connectivity index (χ2n) is 11.8. The van der Waals surface area contributed by atoms with Crippen LogP contribution in [0.1, 0.15) is 38.8 Å². The zero-order valence-corrected chi connectivity index (χ0v) is 31.6. The van der Waals surface area contributed by atoms with Crippen molar-refractivity contribution in [2.24, 2.45) is 0 Å². The number of nitrogens with one attached hydrogen (secondary N) is 5. The van der Waals surface area contributed by atoms with E-state index in [9.17, 15) is 33.9 Å². The highest BCUT2D eigenvalue weighted by Gasteiger charge is 2.27. The highest BCUT2D eigenvalue weighted by molar-refractivity contribution is 7.98. The third-order valence-electron chi connectivity index (χ3n) is 7.85.